The summed E-state index contributed by atoms with van der Waals surface area (Å²) in [5.41, 5.74) is 1.13. The molecule has 26 heavy (non-hydrogen) atoms. The molecule has 1 aliphatic heterocycles. The Morgan fingerprint density at radius 2 is 2.00 bits per heavy atom. The molecule has 5 heteroatoms. The number of carbonyl (C=O) groups excluding carboxylic acids is 2. The third-order valence-corrected chi connectivity index (χ3v) is 5.64. The number of nitrogens with zero attached hydrogens (tertiary/aromatic N) is 1. The van der Waals surface area contributed by atoms with E-state index in [4.69, 9.17) is 4.74 Å². The van der Waals surface area contributed by atoms with Crippen molar-refractivity contribution in [1.82, 2.24) is 10.2 Å². The fourth-order valence-electron chi connectivity index (χ4n) is 4.13. The van der Waals surface area contributed by atoms with Gasteiger partial charge in [-0.3, -0.25) is 9.59 Å². The molecule has 1 atom stereocenters. The maximum absolute atomic E-state index is 12.5. The summed E-state index contributed by atoms with van der Waals surface area (Å²) in [6.07, 6.45) is 8.25. The van der Waals surface area contributed by atoms with Crippen LogP contribution in [0.1, 0.15) is 50.5 Å². The molecule has 1 aromatic rings. The standard InChI is InChI=1S/C21H30N2O3/c1-26-19-10-6-7-16(13-19)11-12-22-21(25)17-14-20(24)23(15-17)18-8-4-2-3-5-9-18/h6-7,10,13,17-18H,2-5,8-9,11-12,14-15H2,1H3,(H,22,25). The summed E-state index contributed by atoms with van der Waals surface area (Å²) in [6.45, 7) is 1.18. The first-order valence-electron chi connectivity index (χ1n) is 9.87. The Morgan fingerprint density at radius 3 is 2.73 bits per heavy atom. The van der Waals surface area contributed by atoms with Gasteiger partial charge in [-0.15, -0.1) is 0 Å². The fourth-order valence-corrected chi connectivity index (χ4v) is 4.13. The van der Waals surface area contributed by atoms with Crippen LogP contribution in [0.3, 0.4) is 0 Å². The highest BCUT2D eigenvalue weighted by Crippen LogP contribution is 2.28. The summed E-state index contributed by atoms with van der Waals surface area (Å²) in [5.74, 6) is 0.799. The summed E-state index contributed by atoms with van der Waals surface area (Å²) in [5, 5.41) is 3.01. The Morgan fingerprint density at radius 1 is 1.23 bits per heavy atom. The summed E-state index contributed by atoms with van der Waals surface area (Å²) in [7, 11) is 1.65. The third kappa shape index (κ3) is 4.77. The Hall–Kier alpha value is -2.04. The number of benzene rings is 1. The molecule has 1 unspecified atom stereocenters. The van der Waals surface area contributed by atoms with Crippen LogP contribution < -0.4 is 10.1 Å². The van der Waals surface area contributed by atoms with Gasteiger partial charge in [-0.25, -0.2) is 0 Å². The van der Waals surface area contributed by atoms with Crippen molar-refractivity contribution in [1.29, 1.82) is 0 Å². The Kier molecular flexibility index (Phi) is 6.53. The highest BCUT2D eigenvalue weighted by Gasteiger charge is 2.37. The zero-order valence-corrected chi connectivity index (χ0v) is 15.7. The Bertz CT molecular complexity index is 623. The van der Waals surface area contributed by atoms with Gasteiger partial charge in [-0.05, 0) is 37.0 Å². The molecule has 1 aliphatic carbocycles. The molecule has 1 heterocycles. The van der Waals surface area contributed by atoms with E-state index in [0.717, 1.165) is 30.6 Å². The molecule has 0 aromatic heterocycles. The molecule has 2 fully saturated rings. The van der Waals surface area contributed by atoms with Gasteiger partial charge in [-0.2, -0.15) is 0 Å². The van der Waals surface area contributed by atoms with Crippen molar-refractivity contribution in [3.63, 3.8) is 0 Å². The van der Waals surface area contributed by atoms with Crippen LogP contribution >= 0.6 is 0 Å². The van der Waals surface area contributed by atoms with Gasteiger partial charge in [0.05, 0.1) is 13.0 Å². The molecule has 5 nitrogen and oxygen atoms in total. The monoisotopic (exact) mass is 358 g/mol. The second-order valence-electron chi connectivity index (χ2n) is 7.49. The van der Waals surface area contributed by atoms with Crippen LogP contribution in [0.5, 0.6) is 5.75 Å². The summed E-state index contributed by atoms with van der Waals surface area (Å²) in [6, 6.07) is 8.23. The highest BCUT2D eigenvalue weighted by atomic mass is 16.5. The van der Waals surface area contributed by atoms with E-state index in [0.29, 0.717) is 25.6 Å². The van der Waals surface area contributed by atoms with E-state index in [9.17, 15) is 9.59 Å². The van der Waals surface area contributed by atoms with Gasteiger partial charge in [0.2, 0.25) is 11.8 Å². The van der Waals surface area contributed by atoms with E-state index in [1.165, 1.54) is 25.7 Å². The van der Waals surface area contributed by atoms with E-state index >= 15 is 0 Å². The lowest BCUT2D eigenvalue weighted by molar-refractivity contribution is -0.130. The van der Waals surface area contributed by atoms with Gasteiger partial charge in [0.15, 0.2) is 0 Å². The first kappa shape index (κ1) is 18.7. The average molecular weight is 358 g/mol. The molecule has 1 aromatic carbocycles. The van der Waals surface area contributed by atoms with Crippen molar-refractivity contribution >= 4 is 11.8 Å². The number of hydrogen-bond donors (Lipinski definition) is 1. The Balaban J connectivity index is 1.46. The second-order valence-corrected chi connectivity index (χ2v) is 7.49. The van der Waals surface area contributed by atoms with Gasteiger partial charge in [0.25, 0.3) is 0 Å². The highest BCUT2D eigenvalue weighted by molar-refractivity contribution is 5.89. The maximum Gasteiger partial charge on any atom is 0.225 e. The molecule has 1 N–H and O–H groups in total. The number of hydrogen-bond acceptors (Lipinski definition) is 3. The molecular weight excluding hydrogens is 328 g/mol. The molecule has 3 rings (SSSR count). The number of amides is 2. The largest absolute Gasteiger partial charge is 0.497 e. The van der Waals surface area contributed by atoms with Crippen LogP contribution in [-0.2, 0) is 16.0 Å². The summed E-state index contributed by atoms with van der Waals surface area (Å²) in [4.78, 5) is 26.9. The minimum absolute atomic E-state index is 0.0115. The first-order valence-corrected chi connectivity index (χ1v) is 9.87. The van der Waals surface area contributed by atoms with Crippen molar-refractivity contribution in [2.45, 2.75) is 57.4 Å². The van der Waals surface area contributed by atoms with E-state index in [1.807, 2.05) is 29.2 Å². The zero-order valence-electron chi connectivity index (χ0n) is 15.7. The summed E-state index contributed by atoms with van der Waals surface area (Å²) >= 11 is 0. The van der Waals surface area contributed by atoms with E-state index in [2.05, 4.69) is 5.32 Å². The van der Waals surface area contributed by atoms with Crippen molar-refractivity contribution in [3.05, 3.63) is 29.8 Å². The van der Waals surface area contributed by atoms with Crippen LogP contribution in [0.15, 0.2) is 24.3 Å². The van der Waals surface area contributed by atoms with Crippen LogP contribution in [0, 0.1) is 5.92 Å². The van der Waals surface area contributed by atoms with Crippen molar-refractivity contribution in [2.75, 3.05) is 20.2 Å². The number of nitrogens with one attached hydrogen (secondary N) is 1. The maximum atomic E-state index is 12.5. The minimum Gasteiger partial charge on any atom is -0.497 e. The Labute approximate surface area is 156 Å². The second kappa shape index (κ2) is 9.06. The van der Waals surface area contributed by atoms with Crippen molar-refractivity contribution in [2.24, 2.45) is 5.92 Å². The molecule has 0 spiro atoms. The number of likely N-dealkylation sites (tertiary alicyclic amines) is 1. The quantitative estimate of drug-likeness (QED) is 0.796. The lowest BCUT2D eigenvalue weighted by Gasteiger charge is -2.27. The van der Waals surface area contributed by atoms with Crippen LogP contribution in [0.2, 0.25) is 0 Å². The number of methoxy groups -OCH3 is 1. The molecular formula is C21H30N2O3. The summed E-state index contributed by atoms with van der Waals surface area (Å²) < 4.78 is 5.22. The molecule has 1 saturated heterocycles. The van der Waals surface area contributed by atoms with Crippen LogP contribution in [-0.4, -0.2) is 43.0 Å². The molecule has 2 amide bonds. The molecule has 1 saturated carbocycles. The van der Waals surface area contributed by atoms with Crippen LogP contribution in [0.4, 0.5) is 0 Å². The van der Waals surface area contributed by atoms with E-state index in [1.54, 1.807) is 7.11 Å². The van der Waals surface area contributed by atoms with Gasteiger partial charge < -0.3 is 15.0 Å². The molecule has 2 aliphatic rings. The fraction of sp³-hybridized carbons (Fsp3) is 0.619. The molecule has 142 valence electrons. The van der Waals surface area contributed by atoms with Gasteiger partial charge >= 0.3 is 0 Å². The first-order chi connectivity index (χ1) is 12.7. The predicted octanol–water partition coefficient (Wildman–Crippen LogP) is 2.93. The predicted molar refractivity (Wildman–Crippen MR) is 101 cm³/mol. The number of rotatable bonds is 6. The van der Waals surface area contributed by atoms with Crippen molar-refractivity contribution in [3.8, 4) is 5.75 Å². The minimum atomic E-state index is -0.198. The number of ether oxygens (including phenoxy) is 1. The number of carbonyl (C=O) groups is 2. The lowest BCUT2D eigenvalue weighted by Crippen LogP contribution is -2.38. The van der Waals surface area contributed by atoms with Gasteiger partial charge in [-0.1, -0.05) is 37.8 Å². The van der Waals surface area contributed by atoms with Gasteiger partial charge in [0, 0.05) is 25.6 Å². The SMILES string of the molecule is COc1cccc(CCNC(=O)C2CC(=O)N(C3CCCCCC3)C2)c1. The van der Waals surface area contributed by atoms with Crippen molar-refractivity contribution < 1.29 is 14.3 Å². The smallest absolute Gasteiger partial charge is 0.225 e. The lowest BCUT2D eigenvalue weighted by atomic mass is 10.1. The normalized spacial score (nSPS) is 21.5. The topological polar surface area (TPSA) is 58.6 Å². The van der Waals surface area contributed by atoms with Crippen LogP contribution in [0.25, 0.3) is 0 Å². The van der Waals surface area contributed by atoms with E-state index < -0.39 is 0 Å². The molecule has 0 radical (unpaired) electrons. The molecule has 0 bridgehead atoms. The zero-order chi connectivity index (χ0) is 18.4. The van der Waals surface area contributed by atoms with E-state index in [-0.39, 0.29) is 17.7 Å². The van der Waals surface area contributed by atoms with Gasteiger partial charge in [0.1, 0.15) is 5.75 Å². The third-order valence-electron chi connectivity index (χ3n) is 5.64. The average Bonchev–Trinajstić information content (AvgIpc) is 2.86.